The quantitative estimate of drug-likeness (QED) is 0.523. The van der Waals surface area contributed by atoms with Crippen LogP contribution in [0, 0.1) is 0 Å². The summed E-state index contributed by atoms with van der Waals surface area (Å²) in [4.78, 5) is 4.28. The molecule has 0 saturated carbocycles. The zero-order valence-electron chi connectivity index (χ0n) is 6.90. The lowest BCUT2D eigenvalue weighted by molar-refractivity contribution is 1.51. The first-order valence-electron chi connectivity index (χ1n) is 4.15. The van der Waals surface area contributed by atoms with E-state index in [1.165, 1.54) is 15.8 Å². The normalized spacial score (nSPS) is 11.1. The predicted molar refractivity (Wildman–Crippen MR) is 56.2 cm³/mol. The summed E-state index contributed by atoms with van der Waals surface area (Å²) in [6, 6.07) is 12.7. The predicted octanol–water partition coefficient (Wildman–Crippen LogP) is 3.40. The van der Waals surface area contributed by atoms with Crippen molar-refractivity contribution >= 4 is 21.6 Å². The van der Waals surface area contributed by atoms with Gasteiger partial charge >= 0.3 is 0 Å². The van der Waals surface area contributed by atoms with Crippen molar-refractivity contribution in [1.82, 2.24) is 4.98 Å². The van der Waals surface area contributed by atoms with Crippen LogP contribution in [0.15, 0.2) is 41.9 Å². The van der Waals surface area contributed by atoms with Crippen LogP contribution < -0.4 is 0 Å². The SMILES string of the molecule is c1cc2ccc3ncsc3cc-2c1. The van der Waals surface area contributed by atoms with Gasteiger partial charge in [-0.2, -0.15) is 0 Å². The van der Waals surface area contributed by atoms with Gasteiger partial charge in [0.15, 0.2) is 0 Å². The van der Waals surface area contributed by atoms with Crippen molar-refractivity contribution in [1.29, 1.82) is 0 Å². The van der Waals surface area contributed by atoms with Gasteiger partial charge in [-0.05, 0) is 23.3 Å². The van der Waals surface area contributed by atoms with Crippen molar-refractivity contribution < 1.29 is 0 Å². The summed E-state index contributed by atoms with van der Waals surface area (Å²) in [5.41, 5.74) is 5.55. The van der Waals surface area contributed by atoms with Crippen LogP contribution in [0.1, 0.15) is 0 Å². The summed E-state index contributed by atoms with van der Waals surface area (Å²) in [5.74, 6) is 0. The van der Waals surface area contributed by atoms with E-state index in [0.29, 0.717) is 0 Å². The summed E-state index contributed by atoms with van der Waals surface area (Å²) >= 11 is 1.69. The molecule has 0 aliphatic heterocycles. The van der Waals surface area contributed by atoms with Crippen LogP contribution in [0.5, 0.6) is 0 Å². The Hall–Kier alpha value is -1.41. The molecule has 1 aromatic heterocycles. The van der Waals surface area contributed by atoms with E-state index < -0.39 is 0 Å². The van der Waals surface area contributed by atoms with Gasteiger partial charge in [-0.25, -0.2) is 4.98 Å². The minimum atomic E-state index is 1.08. The van der Waals surface area contributed by atoms with Crippen LogP contribution in [0.25, 0.3) is 21.3 Å². The average molecular weight is 185 g/mol. The summed E-state index contributed by atoms with van der Waals surface area (Å²) in [5, 5.41) is 0. The summed E-state index contributed by atoms with van der Waals surface area (Å²) in [7, 11) is 0. The number of fused-ring (bicyclic) bond motifs is 2. The van der Waals surface area contributed by atoms with E-state index in [0.717, 1.165) is 5.52 Å². The molecular formula is C11H7NS. The van der Waals surface area contributed by atoms with Crippen LogP contribution >= 0.6 is 11.3 Å². The molecule has 0 saturated heterocycles. The van der Waals surface area contributed by atoms with Crippen molar-refractivity contribution in [2.45, 2.75) is 0 Å². The molecule has 0 radical (unpaired) electrons. The van der Waals surface area contributed by atoms with E-state index >= 15 is 0 Å². The number of nitrogens with zero attached hydrogens (tertiary/aromatic N) is 1. The lowest BCUT2D eigenvalue weighted by Gasteiger charge is -1.86. The molecule has 1 nitrogen and oxygen atoms in total. The van der Waals surface area contributed by atoms with E-state index in [-0.39, 0.29) is 0 Å². The van der Waals surface area contributed by atoms with Gasteiger partial charge in [0.05, 0.1) is 15.7 Å². The molecule has 0 aromatic carbocycles. The third-order valence-electron chi connectivity index (χ3n) is 2.22. The van der Waals surface area contributed by atoms with E-state index in [9.17, 15) is 0 Å². The van der Waals surface area contributed by atoms with Crippen molar-refractivity contribution in [2.24, 2.45) is 0 Å². The number of hydrogen-bond donors (Lipinski definition) is 0. The second kappa shape index (κ2) is 2.54. The molecule has 0 fully saturated rings. The molecule has 13 heavy (non-hydrogen) atoms. The lowest BCUT2D eigenvalue weighted by atomic mass is 10.2. The monoisotopic (exact) mass is 185 g/mol. The summed E-state index contributed by atoms with van der Waals surface area (Å²) < 4.78 is 1.25. The molecular weight excluding hydrogens is 178 g/mol. The number of rotatable bonds is 0. The molecule has 62 valence electrons. The highest BCUT2D eigenvalue weighted by atomic mass is 32.1. The van der Waals surface area contributed by atoms with E-state index in [1.54, 1.807) is 11.3 Å². The fourth-order valence-corrected chi connectivity index (χ4v) is 2.25. The molecule has 0 amide bonds. The molecule has 2 heteroatoms. The highest BCUT2D eigenvalue weighted by Gasteiger charge is 2.01. The van der Waals surface area contributed by atoms with Gasteiger partial charge in [-0.15, -0.1) is 11.3 Å². The van der Waals surface area contributed by atoms with E-state index in [4.69, 9.17) is 0 Å². The first kappa shape index (κ1) is 7.04. The Balaban J connectivity index is 2.51. The summed E-state index contributed by atoms with van der Waals surface area (Å²) in [6.07, 6.45) is 0. The molecule has 1 heterocycles. The molecule has 0 bridgehead atoms. The highest BCUT2D eigenvalue weighted by molar-refractivity contribution is 7.16. The minimum absolute atomic E-state index is 1.08. The van der Waals surface area contributed by atoms with Gasteiger partial charge < -0.3 is 0 Å². The largest absolute Gasteiger partial charge is 0.245 e. The topological polar surface area (TPSA) is 12.9 Å². The Morgan fingerprint density at radius 3 is 2.92 bits per heavy atom. The van der Waals surface area contributed by atoms with Crippen molar-refractivity contribution in [3.05, 3.63) is 41.9 Å². The van der Waals surface area contributed by atoms with Gasteiger partial charge in [0.2, 0.25) is 0 Å². The second-order valence-electron chi connectivity index (χ2n) is 3.02. The van der Waals surface area contributed by atoms with Gasteiger partial charge in [0, 0.05) is 0 Å². The maximum atomic E-state index is 4.28. The third-order valence-corrected chi connectivity index (χ3v) is 3.01. The van der Waals surface area contributed by atoms with E-state index in [2.05, 4.69) is 41.4 Å². The first-order chi connectivity index (χ1) is 6.43. The van der Waals surface area contributed by atoms with Crippen molar-refractivity contribution in [3.63, 3.8) is 0 Å². The van der Waals surface area contributed by atoms with Gasteiger partial charge in [0.1, 0.15) is 0 Å². The maximum Gasteiger partial charge on any atom is 0.0812 e. The van der Waals surface area contributed by atoms with Crippen molar-refractivity contribution in [3.8, 4) is 11.1 Å². The van der Waals surface area contributed by atoms with Crippen LogP contribution in [-0.2, 0) is 0 Å². The first-order valence-corrected chi connectivity index (χ1v) is 5.03. The average Bonchev–Trinajstić information content (AvgIpc) is 2.72. The van der Waals surface area contributed by atoms with Crippen LogP contribution in [0.4, 0.5) is 0 Å². The Morgan fingerprint density at radius 2 is 1.92 bits per heavy atom. The summed E-state index contributed by atoms with van der Waals surface area (Å²) in [6.45, 7) is 0. The Labute approximate surface area is 80.0 Å². The molecule has 2 aliphatic carbocycles. The maximum absolute atomic E-state index is 4.28. The smallest absolute Gasteiger partial charge is 0.0812 e. The zero-order valence-corrected chi connectivity index (χ0v) is 7.71. The Morgan fingerprint density at radius 1 is 1.00 bits per heavy atom. The van der Waals surface area contributed by atoms with Crippen molar-refractivity contribution in [2.75, 3.05) is 0 Å². The Kier molecular flexibility index (Phi) is 1.37. The number of aromatic nitrogens is 1. The van der Waals surface area contributed by atoms with E-state index in [1.807, 2.05) is 5.51 Å². The fourth-order valence-electron chi connectivity index (χ4n) is 1.54. The molecule has 0 atom stereocenters. The zero-order chi connectivity index (χ0) is 8.67. The number of thiazole rings is 1. The molecule has 3 rings (SSSR count). The van der Waals surface area contributed by atoms with Gasteiger partial charge in [-0.1, -0.05) is 24.3 Å². The highest BCUT2D eigenvalue weighted by Crippen LogP contribution is 2.27. The number of hydrogen-bond acceptors (Lipinski definition) is 2. The molecule has 0 N–H and O–H groups in total. The lowest BCUT2D eigenvalue weighted by Crippen LogP contribution is -1.60. The standard InChI is InChI=1S/C11H7NS/c1-2-8-4-5-10-11(13-7-12-10)6-9(8)3-1/h1-7H. The minimum Gasteiger partial charge on any atom is -0.245 e. The van der Waals surface area contributed by atoms with Crippen LogP contribution in [-0.4, -0.2) is 4.98 Å². The molecule has 1 aromatic rings. The molecule has 0 spiro atoms. The fraction of sp³-hybridized carbons (Fsp3) is 0. The van der Waals surface area contributed by atoms with Crippen LogP contribution in [0.2, 0.25) is 0 Å². The third kappa shape index (κ3) is 1.03. The second-order valence-corrected chi connectivity index (χ2v) is 3.90. The van der Waals surface area contributed by atoms with Crippen LogP contribution in [0.3, 0.4) is 0 Å². The Bertz CT molecular complexity index is 527. The molecule has 2 aliphatic rings. The van der Waals surface area contributed by atoms with Gasteiger partial charge in [0.25, 0.3) is 0 Å². The molecule has 0 unspecified atom stereocenters. The van der Waals surface area contributed by atoms with Gasteiger partial charge in [-0.3, -0.25) is 0 Å².